The summed E-state index contributed by atoms with van der Waals surface area (Å²) in [5.41, 5.74) is 6.01. The van der Waals surface area contributed by atoms with Gasteiger partial charge in [-0.15, -0.1) is 0 Å². The Bertz CT molecular complexity index is 1640. The summed E-state index contributed by atoms with van der Waals surface area (Å²) in [5.74, 6) is 1.68. The minimum absolute atomic E-state index is 0.498. The Kier molecular flexibility index (Phi) is 13.8. The van der Waals surface area contributed by atoms with Crippen molar-refractivity contribution >= 4 is 21.8 Å². The Labute approximate surface area is 278 Å². The predicted octanol–water partition coefficient (Wildman–Crippen LogP) is 7.76. The van der Waals surface area contributed by atoms with Crippen molar-refractivity contribution in [2.75, 3.05) is 66.1 Å². The molecule has 0 aliphatic carbocycles. The summed E-state index contributed by atoms with van der Waals surface area (Å²) in [7, 11) is 0. The van der Waals surface area contributed by atoms with Crippen LogP contribution in [-0.2, 0) is 18.9 Å². The van der Waals surface area contributed by atoms with Gasteiger partial charge in [-0.2, -0.15) is 0 Å². The molecular weight excluding hydrogens is 592 g/mol. The van der Waals surface area contributed by atoms with Crippen molar-refractivity contribution in [3.05, 3.63) is 96.2 Å². The van der Waals surface area contributed by atoms with Gasteiger partial charge in [0.15, 0.2) is 0 Å². The molecule has 2 heterocycles. The molecule has 0 N–H and O–H groups in total. The summed E-state index contributed by atoms with van der Waals surface area (Å²) in [5, 5.41) is 2.18. The average Bonchev–Trinajstić information content (AvgIpc) is 3.10. The number of fused-ring (bicyclic) bond motifs is 3. The topological polar surface area (TPSA) is 81.2 Å². The van der Waals surface area contributed by atoms with Crippen LogP contribution >= 0.6 is 0 Å². The highest BCUT2D eigenvalue weighted by Crippen LogP contribution is 2.27. The molecule has 47 heavy (non-hydrogen) atoms. The molecule has 0 aliphatic heterocycles. The van der Waals surface area contributed by atoms with E-state index in [1.807, 2.05) is 61.5 Å². The lowest BCUT2D eigenvalue weighted by atomic mass is 10.1. The first-order valence-corrected chi connectivity index (χ1v) is 16.6. The van der Waals surface area contributed by atoms with Gasteiger partial charge < -0.3 is 28.4 Å². The second-order valence-electron chi connectivity index (χ2n) is 11.4. The van der Waals surface area contributed by atoms with Gasteiger partial charge in [0.25, 0.3) is 0 Å². The van der Waals surface area contributed by atoms with Crippen LogP contribution in [0.1, 0.15) is 30.5 Å². The molecule has 5 rings (SSSR count). The van der Waals surface area contributed by atoms with E-state index in [0.717, 1.165) is 76.1 Å². The Morgan fingerprint density at radius 2 is 0.894 bits per heavy atom. The number of benzene rings is 3. The first-order chi connectivity index (χ1) is 23.2. The van der Waals surface area contributed by atoms with Crippen LogP contribution in [0.2, 0.25) is 0 Å². The minimum Gasteiger partial charge on any atom is -0.491 e. The summed E-state index contributed by atoms with van der Waals surface area (Å²) < 4.78 is 34.1. The summed E-state index contributed by atoms with van der Waals surface area (Å²) in [4.78, 5) is 9.70. The third-order valence-corrected chi connectivity index (χ3v) is 7.60. The molecular formula is C39H46N2O6. The quantitative estimate of drug-likeness (QED) is 0.0596. The van der Waals surface area contributed by atoms with E-state index in [0.29, 0.717) is 59.5 Å². The van der Waals surface area contributed by atoms with E-state index in [9.17, 15) is 0 Å². The van der Waals surface area contributed by atoms with Crippen LogP contribution in [0.15, 0.2) is 84.9 Å². The molecule has 0 atom stereocenters. The molecule has 2 aromatic heterocycles. The number of ether oxygens (including phenoxy) is 6. The van der Waals surface area contributed by atoms with Gasteiger partial charge in [0.1, 0.15) is 24.7 Å². The number of hydrogen-bond donors (Lipinski definition) is 0. The normalized spacial score (nSPS) is 11.4. The summed E-state index contributed by atoms with van der Waals surface area (Å²) >= 11 is 0. The SMILES string of the molecule is Cc1ccc(OCCOCCOCCCCOCCCOCCOc2ccc(-c3ccc4ccc5ccc(C)nc5c4n3)cc2)cc1. The number of pyridine rings is 2. The van der Waals surface area contributed by atoms with Gasteiger partial charge in [-0.3, -0.25) is 4.98 Å². The highest BCUT2D eigenvalue weighted by atomic mass is 16.5. The second kappa shape index (κ2) is 18.9. The smallest absolute Gasteiger partial charge is 0.119 e. The lowest BCUT2D eigenvalue weighted by Crippen LogP contribution is -2.11. The minimum atomic E-state index is 0.498. The van der Waals surface area contributed by atoms with Crippen LogP contribution in [0.5, 0.6) is 11.5 Å². The third-order valence-electron chi connectivity index (χ3n) is 7.60. The maximum Gasteiger partial charge on any atom is 0.119 e. The third kappa shape index (κ3) is 11.3. The van der Waals surface area contributed by atoms with Gasteiger partial charge in [0.05, 0.1) is 43.2 Å². The van der Waals surface area contributed by atoms with Gasteiger partial charge in [0.2, 0.25) is 0 Å². The first kappa shape index (κ1) is 34.3. The van der Waals surface area contributed by atoms with Crippen molar-refractivity contribution in [1.29, 1.82) is 0 Å². The van der Waals surface area contributed by atoms with Gasteiger partial charge in [0, 0.05) is 48.5 Å². The molecule has 3 aromatic carbocycles. The van der Waals surface area contributed by atoms with E-state index in [1.165, 1.54) is 5.56 Å². The van der Waals surface area contributed by atoms with Gasteiger partial charge in [-0.1, -0.05) is 42.0 Å². The van der Waals surface area contributed by atoms with Crippen LogP contribution in [-0.4, -0.2) is 76.0 Å². The Morgan fingerprint density at radius 3 is 1.53 bits per heavy atom. The number of aromatic nitrogens is 2. The monoisotopic (exact) mass is 638 g/mol. The maximum absolute atomic E-state index is 5.87. The van der Waals surface area contributed by atoms with E-state index in [1.54, 1.807) is 0 Å². The zero-order chi connectivity index (χ0) is 32.5. The highest BCUT2D eigenvalue weighted by molar-refractivity contribution is 6.03. The van der Waals surface area contributed by atoms with E-state index in [2.05, 4.69) is 37.3 Å². The largest absolute Gasteiger partial charge is 0.491 e. The fraction of sp³-hybridized carbons (Fsp3) is 0.385. The zero-order valence-electron chi connectivity index (χ0n) is 27.6. The van der Waals surface area contributed by atoms with Crippen LogP contribution in [0, 0.1) is 13.8 Å². The van der Waals surface area contributed by atoms with Crippen molar-refractivity contribution in [2.24, 2.45) is 0 Å². The van der Waals surface area contributed by atoms with Crippen molar-refractivity contribution < 1.29 is 28.4 Å². The summed E-state index contributed by atoms with van der Waals surface area (Å²) in [6, 6.07) is 28.5. The second-order valence-corrected chi connectivity index (χ2v) is 11.4. The Hall–Kier alpha value is -4.08. The number of unbranched alkanes of at least 4 members (excludes halogenated alkanes) is 1. The van der Waals surface area contributed by atoms with E-state index in [4.69, 9.17) is 38.4 Å². The first-order valence-electron chi connectivity index (χ1n) is 16.6. The Morgan fingerprint density at radius 1 is 0.426 bits per heavy atom. The average molecular weight is 639 g/mol. The zero-order valence-corrected chi connectivity index (χ0v) is 27.6. The standard InChI is InChI=1S/C39H46N2O6/c1-30-6-15-35(16-7-30)46-29-27-45-25-24-43-21-4-3-20-42-22-5-23-44-26-28-47-36-17-12-32(13-18-36)37-19-14-34-11-10-33-9-8-31(2)40-38(33)39(34)41-37/h6-19H,3-5,20-29H2,1-2H3. The molecule has 0 saturated heterocycles. The van der Waals surface area contributed by atoms with E-state index >= 15 is 0 Å². The number of rotatable bonds is 21. The van der Waals surface area contributed by atoms with E-state index in [-0.39, 0.29) is 0 Å². The highest BCUT2D eigenvalue weighted by Gasteiger charge is 2.07. The van der Waals surface area contributed by atoms with Crippen molar-refractivity contribution in [3.8, 4) is 22.8 Å². The molecule has 0 unspecified atom stereocenters. The van der Waals surface area contributed by atoms with Gasteiger partial charge >= 0.3 is 0 Å². The molecule has 0 spiro atoms. The molecule has 0 amide bonds. The summed E-state index contributed by atoms with van der Waals surface area (Å²) in [6.45, 7) is 10.1. The summed E-state index contributed by atoms with van der Waals surface area (Å²) in [6.07, 6.45) is 2.81. The fourth-order valence-electron chi connectivity index (χ4n) is 5.02. The van der Waals surface area contributed by atoms with Crippen LogP contribution in [0.25, 0.3) is 33.1 Å². The molecule has 5 aromatic rings. The van der Waals surface area contributed by atoms with Gasteiger partial charge in [-0.05, 0) is 81.6 Å². The maximum atomic E-state index is 5.87. The molecule has 8 heteroatoms. The number of aryl methyl sites for hydroxylation is 2. The van der Waals surface area contributed by atoms with E-state index < -0.39 is 0 Å². The van der Waals surface area contributed by atoms with Gasteiger partial charge in [-0.25, -0.2) is 4.98 Å². The van der Waals surface area contributed by atoms with Crippen molar-refractivity contribution in [2.45, 2.75) is 33.1 Å². The van der Waals surface area contributed by atoms with Crippen LogP contribution in [0.4, 0.5) is 0 Å². The number of nitrogens with zero attached hydrogens (tertiary/aromatic N) is 2. The predicted molar refractivity (Wildman–Crippen MR) is 187 cm³/mol. The molecule has 0 bridgehead atoms. The van der Waals surface area contributed by atoms with Crippen LogP contribution < -0.4 is 9.47 Å². The van der Waals surface area contributed by atoms with Crippen LogP contribution in [0.3, 0.4) is 0 Å². The lowest BCUT2D eigenvalue weighted by molar-refractivity contribution is 0.0319. The Balaban J connectivity index is 0.840. The molecule has 8 nitrogen and oxygen atoms in total. The molecule has 248 valence electrons. The number of hydrogen-bond acceptors (Lipinski definition) is 8. The molecule has 0 fully saturated rings. The van der Waals surface area contributed by atoms with Crippen molar-refractivity contribution in [3.63, 3.8) is 0 Å². The fourth-order valence-corrected chi connectivity index (χ4v) is 5.02. The van der Waals surface area contributed by atoms with Crippen molar-refractivity contribution in [1.82, 2.24) is 9.97 Å². The lowest BCUT2D eigenvalue weighted by Gasteiger charge is -2.09. The molecule has 0 radical (unpaired) electrons. The molecule has 0 aliphatic rings. The molecule has 0 saturated carbocycles.